The number of benzene rings is 1. The Kier molecular flexibility index (Phi) is 4.65. The highest BCUT2D eigenvalue weighted by atomic mass is 35.5. The van der Waals surface area contributed by atoms with Crippen molar-refractivity contribution in [3.63, 3.8) is 0 Å². The van der Waals surface area contributed by atoms with Crippen molar-refractivity contribution < 1.29 is 0 Å². The molecule has 1 aromatic carbocycles. The van der Waals surface area contributed by atoms with Gasteiger partial charge >= 0.3 is 0 Å². The summed E-state index contributed by atoms with van der Waals surface area (Å²) in [5, 5.41) is 4.53. The second-order valence-corrected chi connectivity index (χ2v) is 6.74. The minimum Gasteiger partial charge on any atom is -0.313 e. The van der Waals surface area contributed by atoms with Gasteiger partial charge in [0.2, 0.25) is 0 Å². The van der Waals surface area contributed by atoms with Crippen molar-refractivity contribution in [2.75, 3.05) is 13.1 Å². The van der Waals surface area contributed by atoms with Gasteiger partial charge in [-0.25, -0.2) is 0 Å². The van der Waals surface area contributed by atoms with E-state index in [-0.39, 0.29) is 0 Å². The van der Waals surface area contributed by atoms with E-state index in [9.17, 15) is 0 Å². The molecule has 20 heavy (non-hydrogen) atoms. The van der Waals surface area contributed by atoms with Gasteiger partial charge in [0.1, 0.15) is 0 Å². The van der Waals surface area contributed by atoms with Crippen molar-refractivity contribution in [1.29, 1.82) is 0 Å². The van der Waals surface area contributed by atoms with Crippen LogP contribution in [-0.4, -0.2) is 30.1 Å². The second kappa shape index (κ2) is 6.46. The summed E-state index contributed by atoms with van der Waals surface area (Å²) in [7, 11) is 0. The summed E-state index contributed by atoms with van der Waals surface area (Å²) in [6.07, 6.45) is 6.76. The van der Waals surface area contributed by atoms with Gasteiger partial charge in [-0.2, -0.15) is 0 Å². The van der Waals surface area contributed by atoms with Crippen LogP contribution in [0.1, 0.15) is 50.6 Å². The molecule has 3 rings (SSSR count). The lowest BCUT2D eigenvalue weighted by Crippen LogP contribution is -2.45. The predicted molar refractivity (Wildman–Crippen MR) is 85.2 cm³/mol. The molecular formula is C17H25ClN2. The maximum absolute atomic E-state index is 6.15. The minimum absolute atomic E-state index is 0.463. The molecule has 1 N–H and O–H groups in total. The van der Waals surface area contributed by atoms with Crippen LogP contribution in [0.2, 0.25) is 5.02 Å². The van der Waals surface area contributed by atoms with Gasteiger partial charge in [0.05, 0.1) is 0 Å². The standard InChI is InChI=1S/C17H25ClN2/c1-13(14-5-4-6-15(18)11-14)20(17-8-9-17)12-16-7-2-3-10-19-16/h4-6,11,13,16-17,19H,2-3,7-10,12H2,1H3. The van der Waals surface area contributed by atoms with Crippen molar-refractivity contribution in [1.82, 2.24) is 10.2 Å². The van der Waals surface area contributed by atoms with Crippen molar-refractivity contribution in [2.24, 2.45) is 0 Å². The van der Waals surface area contributed by atoms with Crippen molar-refractivity contribution >= 4 is 11.6 Å². The SMILES string of the molecule is CC(c1cccc(Cl)c1)N(CC1CCCCN1)C1CC1. The van der Waals surface area contributed by atoms with Crippen molar-refractivity contribution in [3.05, 3.63) is 34.9 Å². The molecule has 3 heteroatoms. The first-order chi connectivity index (χ1) is 9.74. The Morgan fingerprint density at radius 2 is 2.15 bits per heavy atom. The molecule has 0 aromatic heterocycles. The van der Waals surface area contributed by atoms with Crippen LogP contribution < -0.4 is 5.32 Å². The lowest BCUT2D eigenvalue weighted by atomic mass is 10.0. The molecule has 110 valence electrons. The normalized spacial score (nSPS) is 24.9. The Morgan fingerprint density at radius 1 is 1.30 bits per heavy atom. The number of hydrogen-bond acceptors (Lipinski definition) is 2. The summed E-state index contributed by atoms with van der Waals surface area (Å²) in [6, 6.07) is 10.3. The van der Waals surface area contributed by atoms with Crippen molar-refractivity contribution in [3.8, 4) is 0 Å². The number of hydrogen-bond donors (Lipinski definition) is 1. The molecule has 1 saturated carbocycles. The van der Waals surface area contributed by atoms with Crippen LogP contribution in [-0.2, 0) is 0 Å². The Labute approximate surface area is 127 Å². The maximum atomic E-state index is 6.15. The van der Waals surface area contributed by atoms with Crippen LogP contribution in [0.5, 0.6) is 0 Å². The smallest absolute Gasteiger partial charge is 0.0409 e. The van der Waals surface area contributed by atoms with E-state index >= 15 is 0 Å². The molecule has 0 spiro atoms. The second-order valence-electron chi connectivity index (χ2n) is 6.31. The van der Waals surface area contributed by atoms with Gasteiger partial charge in [0, 0.05) is 29.7 Å². The summed E-state index contributed by atoms with van der Waals surface area (Å²) in [6.45, 7) is 4.69. The van der Waals surface area contributed by atoms with Gasteiger partial charge in [-0.05, 0) is 56.8 Å². The number of rotatable bonds is 5. The highest BCUT2D eigenvalue weighted by Gasteiger charge is 2.34. The average Bonchev–Trinajstić information content (AvgIpc) is 3.30. The third-order valence-corrected chi connectivity index (χ3v) is 4.92. The predicted octanol–water partition coefficient (Wildman–Crippen LogP) is 4.01. The highest BCUT2D eigenvalue weighted by molar-refractivity contribution is 6.30. The average molecular weight is 293 g/mol. The Morgan fingerprint density at radius 3 is 2.80 bits per heavy atom. The molecule has 0 amide bonds. The summed E-state index contributed by atoms with van der Waals surface area (Å²) >= 11 is 6.15. The topological polar surface area (TPSA) is 15.3 Å². The summed E-state index contributed by atoms with van der Waals surface area (Å²) < 4.78 is 0. The minimum atomic E-state index is 0.463. The van der Waals surface area contributed by atoms with E-state index in [2.05, 4.69) is 35.3 Å². The Balaban J connectivity index is 1.69. The molecule has 2 unspecified atom stereocenters. The van der Waals surface area contributed by atoms with E-state index in [4.69, 9.17) is 11.6 Å². The molecule has 2 nitrogen and oxygen atoms in total. The molecule has 2 aliphatic rings. The zero-order chi connectivity index (χ0) is 13.9. The van der Waals surface area contributed by atoms with Crippen LogP contribution >= 0.6 is 11.6 Å². The van der Waals surface area contributed by atoms with Gasteiger partial charge in [0.15, 0.2) is 0 Å². The Hall–Kier alpha value is -0.570. The van der Waals surface area contributed by atoms with E-state index in [0.717, 1.165) is 11.1 Å². The first-order valence-electron chi connectivity index (χ1n) is 7.98. The molecule has 1 aromatic rings. The summed E-state index contributed by atoms with van der Waals surface area (Å²) in [5.74, 6) is 0. The highest BCUT2D eigenvalue weighted by Crippen LogP contribution is 2.35. The lowest BCUT2D eigenvalue weighted by molar-refractivity contribution is 0.167. The molecule has 1 aliphatic carbocycles. The first kappa shape index (κ1) is 14.4. The molecule has 0 bridgehead atoms. The number of halogens is 1. The van der Waals surface area contributed by atoms with Crippen LogP contribution in [0.25, 0.3) is 0 Å². The molecule has 2 atom stereocenters. The number of nitrogens with zero attached hydrogens (tertiary/aromatic N) is 1. The Bertz CT molecular complexity index is 438. The fourth-order valence-corrected chi connectivity index (χ4v) is 3.52. The number of piperidine rings is 1. The largest absolute Gasteiger partial charge is 0.313 e. The third-order valence-electron chi connectivity index (χ3n) is 4.69. The van der Waals surface area contributed by atoms with Gasteiger partial charge in [-0.3, -0.25) is 4.90 Å². The lowest BCUT2D eigenvalue weighted by Gasteiger charge is -2.35. The van der Waals surface area contributed by atoms with Gasteiger partial charge in [0.25, 0.3) is 0 Å². The molecule has 1 heterocycles. The van der Waals surface area contributed by atoms with E-state index in [1.807, 2.05) is 6.07 Å². The van der Waals surface area contributed by atoms with Crippen LogP contribution in [0.3, 0.4) is 0 Å². The number of nitrogens with one attached hydrogen (secondary N) is 1. The van der Waals surface area contributed by atoms with Gasteiger partial charge < -0.3 is 5.32 Å². The van der Waals surface area contributed by atoms with E-state index in [1.54, 1.807) is 0 Å². The summed E-state index contributed by atoms with van der Waals surface area (Å²) in [5.41, 5.74) is 1.35. The maximum Gasteiger partial charge on any atom is 0.0409 e. The molecule has 1 saturated heterocycles. The molecule has 2 fully saturated rings. The summed E-state index contributed by atoms with van der Waals surface area (Å²) in [4.78, 5) is 2.69. The fraction of sp³-hybridized carbons (Fsp3) is 0.647. The molecule has 1 aliphatic heterocycles. The van der Waals surface area contributed by atoms with Crippen LogP contribution in [0.4, 0.5) is 0 Å². The van der Waals surface area contributed by atoms with Crippen molar-refractivity contribution in [2.45, 2.75) is 57.2 Å². The van der Waals surface area contributed by atoms with E-state index in [1.165, 1.54) is 50.8 Å². The van der Waals surface area contributed by atoms with Gasteiger partial charge in [-0.15, -0.1) is 0 Å². The van der Waals surface area contributed by atoms with Gasteiger partial charge in [-0.1, -0.05) is 30.2 Å². The van der Waals surface area contributed by atoms with E-state index in [0.29, 0.717) is 12.1 Å². The monoisotopic (exact) mass is 292 g/mol. The molecule has 0 radical (unpaired) electrons. The quantitative estimate of drug-likeness (QED) is 0.882. The third kappa shape index (κ3) is 3.55. The van der Waals surface area contributed by atoms with Crippen LogP contribution in [0.15, 0.2) is 24.3 Å². The van der Waals surface area contributed by atoms with E-state index < -0.39 is 0 Å². The van der Waals surface area contributed by atoms with Crippen LogP contribution in [0, 0.1) is 0 Å². The first-order valence-corrected chi connectivity index (χ1v) is 8.36. The molecular weight excluding hydrogens is 268 g/mol. The zero-order valence-electron chi connectivity index (χ0n) is 12.3. The zero-order valence-corrected chi connectivity index (χ0v) is 13.1. The fourth-order valence-electron chi connectivity index (χ4n) is 3.32.